The zero-order valence-electron chi connectivity index (χ0n) is 23.0. The molecule has 1 aromatic rings. The Labute approximate surface area is 215 Å². The molecule has 34 heavy (non-hydrogen) atoms. The van der Waals surface area contributed by atoms with Crippen molar-refractivity contribution >= 4 is 27.3 Å². The van der Waals surface area contributed by atoms with Crippen molar-refractivity contribution < 1.29 is 14.0 Å². The van der Waals surface area contributed by atoms with E-state index in [0.717, 1.165) is 36.8 Å². The van der Waals surface area contributed by atoms with Gasteiger partial charge in [0.05, 0.1) is 24.2 Å². The van der Waals surface area contributed by atoms with Crippen molar-refractivity contribution in [3.8, 4) is 0 Å². The molecule has 0 saturated heterocycles. The Morgan fingerprint density at radius 3 is 2.18 bits per heavy atom. The molecule has 0 aliphatic heterocycles. The molecule has 1 fully saturated rings. The van der Waals surface area contributed by atoms with Crippen LogP contribution < -0.4 is 5.73 Å². The number of benzene rings is 1. The minimum Gasteiger partial charge on any atom is -0.469 e. The van der Waals surface area contributed by atoms with Crippen LogP contribution in [0.25, 0.3) is 0 Å². The van der Waals surface area contributed by atoms with Crippen LogP contribution in [-0.2, 0) is 25.9 Å². The van der Waals surface area contributed by atoms with E-state index in [1.165, 1.54) is 7.11 Å². The van der Waals surface area contributed by atoms with E-state index in [1.54, 1.807) is 0 Å². The van der Waals surface area contributed by atoms with E-state index in [1.807, 2.05) is 19.1 Å². The Kier molecular flexibility index (Phi) is 9.17. The summed E-state index contributed by atoms with van der Waals surface area (Å²) in [5, 5.41) is 0.856. The molecule has 2 atom stereocenters. The number of ether oxygens (including phenoxy) is 1. The maximum atomic E-state index is 13.0. The first-order valence-corrected chi connectivity index (χ1v) is 13.8. The largest absolute Gasteiger partial charge is 0.469 e. The molecule has 0 amide bonds. The van der Waals surface area contributed by atoms with Gasteiger partial charge in [-0.3, -0.25) is 4.79 Å². The van der Waals surface area contributed by atoms with Crippen molar-refractivity contribution in [1.29, 1.82) is 0 Å². The lowest BCUT2D eigenvalue weighted by Gasteiger charge is -2.50. The highest BCUT2D eigenvalue weighted by molar-refractivity contribution is 6.32. The fourth-order valence-electron chi connectivity index (χ4n) is 4.70. The Bertz CT molecular complexity index is 848. The van der Waals surface area contributed by atoms with E-state index >= 15 is 0 Å². The van der Waals surface area contributed by atoms with Crippen LogP contribution >= 0.6 is 11.6 Å². The lowest BCUT2D eigenvalue weighted by Crippen LogP contribution is -2.55. The summed E-state index contributed by atoms with van der Waals surface area (Å²) in [6.45, 7) is 19.5. The highest BCUT2D eigenvalue weighted by atomic mass is 35.5. The van der Waals surface area contributed by atoms with Gasteiger partial charge in [0.1, 0.15) is 0 Å². The Morgan fingerprint density at radius 1 is 1.12 bits per heavy atom. The number of carbonyl (C=O) groups is 1. The maximum Gasteiger partial charge on any atom is 0.311 e. The number of rotatable bonds is 9. The molecule has 1 saturated carbocycles. The third kappa shape index (κ3) is 7.56. The number of carbonyl (C=O) groups excluding carboxylic acids is 1. The molecule has 2 radical (unpaired) electrons. The van der Waals surface area contributed by atoms with E-state index in [4.69, 9.17) is 26.5 Å². The first kappa shape index (κ1) is 29.3. The fraction of sp³-hybridized carbons (Fsp3) is 0.750. The number of hydrogen-bond acceptors (Lipinski definition) is 4. The summed E-state index contributed by atoms with van der Waals surface area (Å²) < 4.78 is 11.6. The van der Waals surface area contributed by atoms with Gasteiger partial charge in [-0.25, -0.2) is 0 Å². The monoisotopic (exact) mass is 507 g/mol. The SMILES string of the molecule is COC(=O)[C@H](C1CC(C(C)(C)O[Si]C(C)(C)C)C1)C(C)(N)c1ccc(CCC(C)(C)C)c(Cl)c1. The summed E-state index contributed by atoms with van der Waals surface area (Å²) in [5.41, 5.74) is 8.04. The molecule has 1 aromatic carbocycles. The second-order valence-electron chi connectivity index (χ2n) is 13.1. The molecule has 0 heterocycles. The first-order chi connectivity index (χ1) is 15.4. The van der Waals surface area contributed by atoms with Crippen molar-refractivity contribution in [2.45, 2.75) is 104 Å². The van der Waals surface area contributed by atoms with Gasteiger partial charge in [0, 0.05) is 5.02 Å². The van der Waals surface area contributed by atoms with Crippen molar-refractivity contribution in [3.63, 3.8) is 0 Å². The Hall–Kier alpha value is -0.883. The zero-order valence-corrected chi connectivity index (χ0v) is 24.7. The highest BCUT2D eigenvalue weighted by Gasteiger charge is 2.51. The number of halogens is 1. The molecule has 0 bridgehead atoms. The predicted octanol–water partition coefficient (Wildman–Crippen LogP) is 6.94. The van der Waals surface area contributed by atoms with Crippen LogP contribution in [0, 0.1) is 23.2 Å². The number of esters is 1. The molecule has 1 aliphatic rings. The molecule has 4 nitrogen and oxygen atoms in total. The van der Waals surface area contributed by atoms with Crippen LogP contribution in [0.5, 0.6) is 0 Å². The van der Waals surface area contributed by atoms with E-state index in [0.29, 0.717) is 20.7 Å². The van der Waals surface area contributed by atoms with Gasteiger partial charge in [-0.05, 0) is 85.9 Å². The Morgan fingerprint density at radius 2 is 1.71 bits per heavy atom. The number of methoxy groups -OCH3 is 1. The predicted molar refractivity (Wildman–Crippen MR) is 143 cm³/mol. The molecular formula is C28H46ClNO3Si. The molecule has 2 rings (SSSR count). The van der Waals surface area contributed by atoms with Gasteiger partial charge in [0.2, 0.25) is 9.76 Å². The summed E-state index contributed by atoms with van der Waals surface area (Å²) in [7, 11) is 1.88. The molecule has 192 valence electrons. The number of hydrogen-bond donors (Lipinski definition) is 1. The van der Waals surface area contributed by atoms with Crippen LogP contribution in [-0.4, -0.2) is 28.4 Å². The van der Waals surface area contributed by atoms with Crippen LogP contribution in [0.3, 0.4) is 0 Å². The smallest absolute Gasteiger partial charge is 0.311 e. The van der Waals surface area contributed by atoms with Crippen molar-refractivity contribution in [3.05, 3.63) is 34.3 Å². The molecule has 1 unspecified atom stereocenters. The third-order valence-electron chi connectivity index (χ3n) is 7.17. The Balaban J connectivity index is 2.19. The van der Waals surface area contributed by atoms with Crippen LogP contribution in [0.15, 0.2) is 18.2 Å². The minimum absolute atomic E-state index is 0.142. The minimum atomic E-state index is -0.882. The van der Waals surface area contributed by atoms with E-state index in [-0.39, 0.29) is 27.9 Å². The normalized spacial score (nSPS) is 22.0. The molecule has 6 heteroatoms. The average molecular weight is 508 g/mol. The highest BCUT2D eigenvalue weighted by Crippen LogP contribution is 2.50. The van der Waals surface area contributed by atoms with Gasteiger partial charge in [-0.15, -0.1) is 0 Å². The molecule has 2 N–H and O–H groups in total. The summed E-state index contributed by atoms with van der Waals surface area (Å²) in [5.74, 6) is -0.158. The summed E-state index contributed by atoms with van der Waals surface area (Å²) in [6.07, 6.45) is 3.75. The lowest BCUT2D eigenvalue weighted by atomic mass is 9.58. The first-order valence-electron chi connectivity index (χ1n) is 12.5. The van der Waals surface area contributed by atoms with Crippen molar-refractivity contribution in [2.24, 2.45) is 28.9 Å². The van der Waals surface area contributed by atoms with Gasteiger partial charge in [0.15, 0.2) is 0 Å². The maximum absolute atomic E-state index is 13.0. The zero-order chi connectivity index (χ0) is 26.1. The van der Waals surface area contributed by atoms with Gasteiger partial charge >= 0.3 is 5.97 Å². The van der Waals surface area contributed by atoms with Crippen molar-refractivity contribution in [1.82, 2.24) is 0 Å². The van der Waals surface area contributed by atoms with E-state index in [9.17, 15) is 4.79 Å². The molecule has 0 spiro atoms. The molecular weight excluding hydrogens is 462 g/mol. The van der Waals surface area contributed by atoms with Crippen LogP contribution in [0.4, 0.5) is 0 Å². The standard InChI is InChI=1S/C28H46ClNO3Si/c1-25(2,3)14-13-18-11-12-20(17-22(18)29)28(9,30)23(24(31)32-10)19-15-21(16-19)27(7,8)33-34-26(4,5)6/h11-12,17,19,21,23H,13-16,30H2,1-10H3/t19?,21?,23-,28?/m0/s1. The van der Waals surface area contributed by atoms with Crippen LogP contribution in [0.2, 0.25) is 10.1 Å². The lowest BCUT2D eigenvalue weighted by molar-refractivity contribution is -0.155. The number of nitrogens with two attached hydrogens (primary N) is 1. The quantitative estimate of drug-likeness (QED) is 0.290. The van der Waals surface area contributed by atoms with E-state index < -0.39 is 11.5 Å². The molecule has 0 aromatic heterocycles. The molecule has 1 aliphatic carbocycles. The van der Waals surface area contributed by atoms with Gasteiger partial charge < -0.3 is 14.9 Å². The fourth-order valence-corrected chi connectivity index (χ4v) is 5.71. The number of aryl methyl sites for hydroxylation is 1. The second-order valence-corrected chi connectivity index (χ2v) is 15.5. The van der Waals surface area contributed by atoms with Gasteiger partial charge in [-0.2, -0.15) is 0 Å². The second kappa shape index (κ2) is 10.6. The van der Waals surface area contributed by atoms with Gasteiger partial charge in [-0.1, -0.05) is 65.3 Å². The van der Waals surface area contributed by atoms with Crippen LogP contribution in [0.1, 0.15) is 92.7 Å². The van der Waals surface area contributed by atoms with Gasteiger partial charge in [0.25, 0.3) is 0 Å². The third-order valence-corrected chi connectivity index (χ3v) is 8.76. The summed E-state index contributed by atoms with van der Waals surface area (Å²) in [6, 6.07) is 6.05. The van der Waals surface area contributed by atoms with E-state index in [2.05, 4.69) is 61.5 Å². The summed E-state index contributed by atoms with van der Waals surface area (Å²) >= 11 is 6.68. The topological polar surface area (TPSA) is 61.5 Å². The average Bonchev–Trinajstić information content (AvgIpc) is 2.65. The van der Waals surface area contributed by atoms with Crippen molar-refractivity contribution in [2.75, 3.05) is 7.11 Å². The summed E-state index contributed by atoms with van der Waals surface area (Å²) in [4.78, 5) is 13.0.